The summed E-state index contributed by atoms with van der Waals surface area (Å²) in [6, 6.07) is 1.97. The van der Waals surface area contributed by atoms with Gasteiger partial charge in [0.1, 0.15) is 0 Å². The van der Waals surface area contributed by atoms with Crippen LogP contribution in [0.4, 0.5) is 5.69 Å². The monoisotopic (exact) mass is 138 g/mol. The Morgan fingerprint density at radius 3 is 2.90 bits per heavy atom. The molecule has 1 aromatic rings. The smallest absolute Gasteiger partial charge is 0.0503 e. The standard InChI is InChI=1S/C8H12N2.H2/c1-3-7-4-8(9)5-10-6(7)2;/h4-5H,3,9H2,1-2H3;1H. The highest BCUT2D eigenvalue weighted by molar-refractivity contribution is 5.39. The first kappa shape index (κ1) is 7.06. The van der Waals surface area contributed by atoms with Crippen molar-refractivity contribution in [1.29, 1.82) is 0 Å². The van der Waals surface area contributed by atoms with Crippen molar-refractivity contribution in [2.24, 2.45) is 0 Å². The summed E-state index contributed by atoms with van der Waals surface area (Å²) in [6.07, 6.45) is 2.69. The van der Waals surface area contributed by atoms with Gasteiger partial charge in [0.15, 0.2) is 0 Å². The summed E-state index contributed by atoms with van der Waals surface area (Å²) >= 11 is 0. The second-order valence-electron chi connectivity index (χ2n) is 2.37. The molecule has 0 fully saturated rings. The number of rotatable bonds is 1. The number of nitrogens with two attached hydrogens (primary N) is 1. The van der Waals surface area contributed by atoms with Crippen LogP contribution in [0.3, 0.4) is 0 Å². The Balaban J connectivity index is 0.000001000. The third-order valence-electron chi connectivity index (χ3n) is 1.59. The highest BCUT2D eigenvalue weighted by atomic mass is 14.7. The summed E-state index contributed by atoms with van der Waals surface area (Å²) in [6.45, 7) is 4.10. The minimum absolute atomic E-state index is 0. The Morgan fingerprint density at radius 2 is 2.40 bits per heavy atom. The molecule has 2 N–H and O–H groups in total. The van der Waals surface area contributed by atoms with E-state index in [1.54, 1.807) is 6.20 Å². The van der Waals surface area contributed by atoms with Gasteiger partial charge < -0.3 is 5.73 Å². The Bertz CT molecular complexity index is 236. The fourth-order valence-electron chi connectivity index (χ4n) is 0.955. The normalized spacial score (nSPS) is 9.80. The van der Waals surface area contributed by atoms with Gasteiger partial charge in [-0.3, -0.25) is 4.98 Å². The summed E-state index contributed by atoms with van der Waals surface area (Å²) in [4.78, 5) is 4.12. The lowest BCUT2D eigenvalue weighted by Gasteiger charge is -2.01. The zero-order valence-corrected chi connectivity index (χ0v) is 6.39. The average molecular weight is 138 g/mol. The van der Waals surface area contributed by atoms with Gasteiger partial charge in [0.05, 0.1) is 11.9 Å². The van der Waals surface area contributed by atoms with Crippen molar-refractivity contribution in [1.82, 2.24) is 4.98 Å². The number of hydrogen-bond acceptors (Lipinski definition) is 2. The molecule has 0 saturated carbocycles. The van der Waals surface area contributed by atoms with E-state index in [9.17, 15) is 0 Å². The van der Waals surface area contributed by atoms with Crippen LogP contribution in [0.2, 0.25) is 0 Å². The first-order valence-electron chi connectivity index (χ1n) is 3.45. The fourth-order valence-corrected chi connectivity index (χ4v) is 0.955. The van der Waals surface area contributed by atoms with Crippen molar-refractivity contribution in [2.45, 2.75) is 20.3 Å². The van der Waals surface area contributed by atoms with Crippen LogP contribution in [-0.2, 0) is 6.42 Å². The van der Waals surface area contributed by atoms with Crippen molar-refractivity contribution in [3.63, 3.8) is 0 Å². The van der Waals surface area contributed by atoms with Gasteiger partial charge in [-0.2, -0.15) is 0 Å². The fraction of sp³-hybridized carbons (Fsp3) is 0.375. The number of hydrogen-bond donors (Lipinski definition) is 1. The lowest BCUT2D eigenvalue weighted by Crippen LogP contribution is -1.93. The average Bonchev–Trinajstić information content (AvgIpc) is 1.94. The Labute approximate surface area is 62.6 Å². The van der Waals surface area contributed by atoms with E-state index in [1.165, 1.54) is 5.56 Å². The number of nitrogens with zero attached hydrogens (tertiary/aromatic N) is 1. The van der Waals surface area contributed by atoms with Crippen LogP contribution in [0.25, 0.3) is 0 Å². The Hall–Kier alpha value is -1.05. The highest BCUT2D eigenvalue weighted by Gasteiger charge is 1.95. The van der Waals surface area contributed by atoms with E-state index in [0.717, 1.165) is 17.8 Å². The first-order chi connectivity index (χ1) is 4.74. The number of aromatic nitrogens is 1. The van der Waals surface area contributed by atoms with Gasteiger partial charge in [0.25, 0.3) is 0 Å². The van der Waals surface area contributed by atoms with E-state index >= 15 is 0 Å². The van der Waals surface area contributed by atoms with Gasteiger partial charge in [-0.05, 0) is 25.0 Å². The van der Waals surface area contributed by atoms with Crippen LogP contribution < -0.4 is 5.73 Å². The molecule has 56 valence electrons. The molecule has 0 radical (unpaired) electrons. The number of anilines is 1. The van der Waals surface area contributed by atoms with Gasteiger partial charge in [-0.25, -0.2) is 0 Å². The van der Waals surface area contributed by atoms with Crippen LogP contribution >= 0.6 is 0 Å². The maximum absolute atomic E-state index is 5.54. The minimum atomic E-state index is 0. The lowest BCUT2D eigenvalue weighted by atomic mass is 10.1. The molecule has 1 aromatic heterocycles. The molecule has 0 unspecified atom stereocenters. The lowest BCUT2D eigenvalue weighted by molar-refractivity contribution is 1.05. The van der Waals surface area contributed by atoms with Crippen molar-refractivity contribution < 1.29 is 1.43 Å². The molecule has 0 aliphatic heterocycles. The summed E-state index contributed by atoms with van der Waals surface area (Å²) in [5.74, 6) is 0. The van der Waals surface area contributed by atoms with Crippen LogP contribution in [0, 0.1) is 6.92 Å². The third kappa shape index (κ3) is 1.26. The maximum atomic E-state index is 5.54. The summed E-state index contributed by atoms with van der Waals surface area (Å²) in [7, 11) is 0. The molecule has 10 heavy (non-hydrogen) atoms. The van der Waals surface area contributed by atoms with Gasteiger partial charge in [-0.15, -0.1) is 0 Å². The van der Waals surface area contributed by atoms with Crippen molar-refractivity contribution in [3.05, 3.63) is 23.5 Å². The summed E-state index contributed by atoms with van der Waals surface area (Å²) in [5, 5.41) is 0. The van der Waals surface area contributed by atoms with E-state index in [1.807, 2.05) is 13.0 Å². The minimum Gasteiger partial charge on any atom is -0.397 e. The van der Waals surface area contributed by atoms with Gasteiger partial charge in [0, 0.05) is 7.12 Å². The molecule has 0 aliphatic carbocycles. The number of nitrogen functional groups attached to an aromatic ring is 1. The molecule has 1 heterocycles. The summed E-state index contributed by atoms with van der Waals surface area (Å²) in [5.41, 5.74) is 8.61. The predicted molar refractivity (Wildman–Crippen MR) is 44.9 cm³/mol. The van der Waals surface area contributed by atoms with Crippen LogP contribution in [-0.4, -0.2) is 4.98 Å². The SMILES string of the molecule is CCc1cc(N)cnc1C.[HH]. The van der Waals surface area contributed by atoms with Gasteiger partial charge >= 0.3 is 0 Å². The topological polar surface area (TPSA) is 38.9 Å². The van der Waals surface area contributed by atoms with E-state index in [-0.39, 0.29) is 1.43 Å². The first-order valence-corrected chi connectivity index (χ1v) is 3.45. The summed E-state index contributed by atoms with van der Waals surface area (Å²) < 4.78 is 0. The second kappa shape index (κ2) is 2.69. The van der Waals surface area contributed by atoms with E-state index < -0.39 is 0 Å². The molecule has 0 atom stereocenters. The van der Waals surface area contributed by atoms with E-state index in [0.29, 0.717) is 0 Å². The second-order valence-corrected chi connectivity index (χ2v) is 2.37. The third-order valence-corrected chi connectivity index (χ3v) is 1.59. The zero-order chi connectivity index (χ0) is 7.56. The molecule has 0 spiro atoms. The van der Waals surface area contributed by atoms with Crippen LogP contribution in [0.15, 0.2) is 12.3 Å². The van der Waals surface area contributed by atoms with E-state index in [2.05, 4.69) is 11.9 Å². The molecule has 0 aliphatic rings. The molecule has 0 bridgehead atoms. The van der Waals surface area contributed by atoms with Crippen LogP contribution in [0.1, 0.15) is 19.6 Å². The number of aryl methyl sites for hydroxylation is 2. The molecule has 0 aromatic carbocycles. The van der Waals surface area contributed by atoms with Crippen LogP contribution in [0.5, 0.6) is 0 Å². The molecular formula is C8H14N2. The van der Waals surface area contributed by atoms with Crippen molar-refractivity contribution in [3.8, 4) is 0 Å². The Kier molecular flexibility index (Phi) is 1.90. The molecule has 1 rings (SSSR count). The Morgan fingerprint density at radius 1 is 1.70 bits per heavy atom. The van der Waals surface area contributed by atoms with Gasteiger partial charge in [-0.1, -0.05) is 6.92 Å². The zero-order valence-electron chi connectivity index (χ0n) is 6.39. The molecule has 2 heteroatoms. The van der Waals surface area contributed by atoms with Crippen molar-refractivity contribution in [2.75, 3.05) is 5.73 Å². The highest BCUT2D eigenvalue weighted by Crippen LogP contribution is 2.08. The molecule has 0 amide bonds. The quantitative estimate of drug-likeness (QED) is 0.642. The van der Waals surface area contributed by atoms with Crippen molar-refractivity contribution >= 4 is 5.69 Å². The molecule has 0 saturated heterocycles. The molecular weight excluding hydrogens is 124 g/mol. The van der Waals surface area contributed by atoms with Gasteiger partial charge in [0.2, 0.25) is 0 Å². The number of pyridine rings is 1. The maximum Gasteiger partial charge on any atom is 0.0503 e. The largest absolute Gasteiger partial charge is 0.397 e. The van der Waals surface area contributed by atoms with E-state index in [4.69, 9.17) is 5.73 Å². The predicted octanol–water partition coefficient (Wildman–Crippen LogP) is 1.78. The molecule has 2 nitrogen and oxygen atoms in total.